The standard InChI is InChI=1S/C19H18N4O6S/c1-28-15-7-2-13(3-8-15)4-11-17(24)20-19(30)22-21-18(25)12-29-16-9-5-14(6-10-16)23(26)27/h2-11H,12H2,1H3,(H,21,25)(H2,20,22,24,30). The van der Waals surface area contributed by atoms with Crippen LogP contribution in [0.1, 0.15) is 5.56 Å². The normalized spacial score (nSPS) is 10.2. The maximum Gasteiger partial charge on any atom is 0.276 e. The van der Waals surface area contributed by atoms with Gasteiger partial charge in [0.1, 0.15) is 11.5 Å². The second-order valence-electron chi connectivity index (χ2n) is 5.64. The third-order valence-electron chi connectivity index (χ3n) is 3.51. The molecule has 0 unspecified atom stereocenters. The highest BCUT2D eigenvalue weighted by Crippen LogP contribution is 2.17. The molecule has 2 aromatic rings. The van der Waals surface area contributed by atoms with Gasteiger partial charge in [-0.05, 0) is 48.1 Å². The number of nitro benzene ring substituents is 1. The van der Waals surface area contributed by atoms with Crippen LogP contribution in [0, 0.1) is 10.1 Å². The zero-order valence-electron chi connectivity index (χ0n) is 15.8. The van der Waals surface area contributed by atoms with Gasteiger partial charge in [0.05, 0.1) is 12.0 Å². The van der Waals surface area contributed by atoms with Crippen molar-refractivity contribution in [3.05, 3.63) is 70.3 Å². The van der Waals surface area contributed by atoms with Crippen molar-refractivity contribution in [2.75, 3.05) is 13.7 Å². The fraction of sp³-hybridized carbons (Fsp3) is 0.105. The molecule has 0 radical (unpaired) electrons. The molecule has 0 heterocycles. The van der Waals surface area contributed by atoms with Gasteiger partial charge in [0, 0.05) is 18.2 Å². The van der Waals surface area contributed by atoms with E-state index < -0.39 is 16.7 Å². The van der Waals surface area contributed by atoms with Gasteiger partial charge >= 0.3 is 0 Å². The molecule has 2 rings (SSSR count). The second-order valence-corrected chi connectivity index (χ2v) is 6.05. The second kappa shape index (κ2) is 11.1. The Balaban J connectivity index is 1.69. The summed E-state index contributed by atoms with van der Waals surface area (Å²) in [4.78, 5) is 33.6. The van der Waals surface area contributed by atoms with Crippen LogP contribution in [0.4, 0.5) is 5.69 Å². The molecule has 0 spiro atoms. The summed E-state index contributed by atoms with van der Waals surface area (Å²) in [6.45, 7) is -0.362. The van der Waals surface area contributed by atoms with Crippen LogP contribution in [0.3, 0.4) is 0 Å². The van der Waals surface area contributed by atoms with E-state index in [-0.39, 0.29) is 23.2 Å². The highest BCUT2D eigenvalue weighted by Gasteiger charge is 2.07. The summed E-state index contributed by atoms with van der Waals surface area (Å²) in [5.41, 5.74) is 5.33. The summed E-state index contributed by atoms with van der Waals surface area (Å²) in [6.07, 6.45) is 2.88. The SMILES string of the molecule is COc1ccc(C=CC(=O)NC(=S)NNC(=O)COc2ccc([N+](=O)[O-])cc2)cc1. The van der Waals surface area contributed by atoms with E-state index >= 15 is 0 Å². The number of amides is 2. The van der Waals surface area contributed by atoms with Crippen LogP contribution in [0.5, 0.6) is 11.5 Å². The highest BCUT2D eigenvalue weighted by molar-refractivity contribution is 7.80. The molecule has 0 aliphatic heterocycles. The van der Waals surface area contributed by atoms with Crippen molar-refractivity contribution in [3.63, 3.8) is 0 Å². The van der Waals surface area contributed by atoms with E-state index in [4.69, 9.17) is 21.7 Å². The van der Waals surface area contributed by atoms with Gasteiger partial charge < -0.3 is 9.47 Å². The van der Waals surface area contributed by atoms with Crippen LogP contribution < -0.4 is 25.6 Å². The number of methoxy groups -OCH3 is 1. The van der Waals surface area contributed by atoms with Crippen LogP contribution in [0.15, 0.2) is 54.6 Å². The predicted octanol–water partition coefficient (Wildman–Crippen LogP) is 1.72. The number of benzene rings is 2. The summed E-state index contributed by atoms with van der Waals surface area (Å²) in [6, 6.07) is 12.4. The van der Waals surface area contributed by atoms with Gasteiger partial charge in [0.25, 0.3) is 11.6 Å². The first-order valence-corrected chi connectivity index (χ1v) is 8.87. The number of carbonyl (C=O) groups excluding carboxylic acids is 2. The minimum Gasteiger partial charge on any atom is -0.497 e. The third kappa shape index (κ3) is 7.56. The minimum atomic E-state index is -0.571. The topological polar surface area (TPSA) is 132 Å². The van der Waals surface area contributed by atoms with Gasteiger partial charge in [-0.25, -0.2) is 0 Å². The Morgan fingerprint density at radius 3 is 2.30 bits per heavy atom. The number of hydrogen-bond donors (Lipinski definition) is 3. The van der Waals surface area contributed by atoms with Crippen molar-refractivity contribution in [2.24, 2.45) is 0 Å². The predicted molar refractivity (Wildman–Crippen MR) is 113 cm³/mol. The lowest BCUT2D eigenvalue weighted by molar-refractivity contribution is -0.384. The molecule has 10 nitrogen and oxygen atoms in total. The van der Waals surface area contributed by atoms with E-state index in [9.17, 15) is 19.7 Å². The first-order valence-electron chi connectivity index (χ1n) is 8.46. The molecular formula is C19H18N4O6S. The molecule has 3 N–H and O–H groups in total. The number of nitro groups is 1. The Morgan fingerprint density at radius 2 is 1.70 bits per heavy atom. The van der Waals surface area contributed by atoms with Gasteiger partial charge in [0.15, 0.2) is 11.7 Å². The lowest BCUT2D eigenvalue weighted by Crippen LogP contribution is -2.49. The van der Waals surface area contributed by atoms with Gasteiger partial charge in [-0.3, -0.25) is 35.9 Å². The van der Waals surface area contributed by atoms with Crippen molar-refractivity contribution in [2.45, 2.75) is 0 Å². The van der Waals surface area contributed by atoms with Crippen molar-refractivity contribution in [1.29, 1.82) is 0 Å². The number of rotatable bonds is 7. The third-order valence-corrected chi connectivity index (χ3v) is 3.72. The maximum absolute atomic E-state index is 11.8. The molecule has 2 amide bonds. The molecule has 0 saturated carbocycles. The van der Waals surface area contributed by atoms with Crippen LogP contribution in [-0.4, -0.2) is 35.6 Å². The first-order chi connectivity index (χ1) is 14.4. The molecule has 0 atom stereocenters. The first kappa shape index (κ1) is 22.3. The molecule has 0 aliphatic carbocycles. The van der Waals surface area contributed by atoms with Gasteiger partial charge in [-0.2, -0.15) is 0 Å². The molecular weight excluding hydrogens is 412 g/mol. The molecule has 0 saturated heterocycles. The van der Waals surface area contributed by atoms with Crippen molar-refractivity contribution in [3.8, 4) is 11.5 Å². The highest BCUT2D eigenvalue weighted by atomic mass is 32.1. The zero-order chi connectivity index (χ0) is 21.9. The van der Waals surface area contributed by atoms with Crippen molar-refractivity contribution in [1.82, 2.24) is 16.2 Å². The van der Waals surface area contributed by atoms with E-state index in [0.29, 0.717) is 5.75 Å². The number of non-ortho nitro benzene ring substituents is 1. The van der Waals surface area contributed by atoms with Crippen LogP contribution in [0.2, 0.25) is 0 Å². The Morgan fingerprint density at radius 1 is 1.07 bits per heavy atom. The number of hydrogen-bond acceptors (Lipinski definition) is 7. The number of hydrazine groups is 1. The quantitative estimate of drug-likeness (QED) is 0.262. The summed E-state index contributed by atoms with van der Waals surface area (Å²) >= 11 is 4.92. The Hall–Kier alpha value is -3.99. The molecule has 2 aromatic carbocycles. The van der Waals surface area contributed by atoms with E-state index in [1.165, 1.54) is 30.3 Å². The van der Waals surface area contributed by atoms with E-state index in [1.807, 2.05) is 0 Å². The van der Waals surface area contributed by atoms with Gasteiger partial charge in [-0.1, -0.05) is 12.1 Å². The van der Waals surface area contributed by atoms with Gasteiger partial charge in [0.2, 0.25) is 5.91 Å². The number of nitrogens with one attached hydrogen (secondary N) is 3. The minimum absolute atomic E-state index is 0.0874. The Kier molecular flexibility index (Phi) is 8.27. The summed E-state index contributed by atoms with van der Waals surface area (Å²) in [7, 11) is 1.56. The maximum atomic E-state index is 11.8. The molecule has 0 bridgehead atoms. The molecule has 30 heavy (non-hydrogen) atoms. The molecule has 0 aromatic heterocycles. The lowest BCUT2D eigenvalue weighted by Gasteiger charge is -2.10. The van der Waals surface area contributed by atoms with Gasteiger partial charge in [-0.15, -0.1) is 0 Å². The number of nitrogens with zero attached hydrogens (tertiary/aromatic N) is 1. The fourth-order valence-corrected chi connectivity index (χ4v) is 2.20. The largest absolute Gasteiger partial charge is 0.497 e. The molecule has 156 valence electrons. The van der Waals surface area contributed by atoms with Crippen molar-refractivity contribution >= 4 is 40.9 Å². The number of thiocarbonyl (C=S) groups is 1. The van der Waals surface area contributed by atoms with Crippen LogP contribution >= 0.6 is 12.2 Å². The lowest BCUT2D eigenvalue weighted by atomic mass is 10.2. The number of ether oxygens (including phenoxy) is 2. The van der Waals surface area contributed by atoms with E-state index in [2.05, 4.69) is 16.2 Å². The van der Waals surface area contributed by atoms with E-state index in [0.717, 1.165) is 5.56 Å². The summed E-state index contributed by atoms with van der Waals surface area (Å²) in [5.74, 6) is -0.0657. The fourth-order valence-electron chi connectivity index (χ4n) is 2.05. The summed E-state index contributed by atoms with van der Waals surface area (Å²) < 4.78 is 10.2. The summed E-state index contributed by atoms with van der Waals surface area (Å²) in [5, 5.41) is 12.8. The monoisotopic (exact) mass is 430 g/mol. The molecule has 0 fully saturated rings. The smallest absolute Gasteiger partial charge is 0.276 e. The molecule has 0 aliphatic rings. The Labute approximate surface area is 177 Å². The average Bonchev–Trinajstić information content (AvgIpc) is 2.75. The Bertz CT molecular complexity index is 945. The molecule has 11 heteroatoms. The zero-order valence-corrected chi connectivity index (χ0v) is 16.6. The van der Waals surface area contributed by atoms with E-state index in [1.54, 1.807) is 37.5 Å². The van der Waals surface area contributed by atoms with Crippen molar-refractivity contribution < 1.29 is 24.0 Å². The van der Waals surface area contributed by atoms with Crippen LogP contribution in [-0.2, 0) is 9.59 Å². The van der Waals surface area contributed by atoms with Crippen LogP contribution in [0.25, 0.3) is 6.08 Å². The average molecular weight is 430 g/mol. The number of carbonyl (C=O) groups is 2.